The molecule has 0 bridgehead atoms. The number of carbonyl (C=O) groups is 2. The predicted octanol–water partition coefficient (Wildman–Crippen LogP) is 2.83. The first-order valence-corrected chi connectivity index (χ1v) is 8.24. The van der Waals surface area contributed by atoms with E-state index in [9.17, 15) is 14.8 Å². The third kappa shape index (κ3) is 5.68. The summed E-state index contributed by atoms with van der Waals surface area (Å²) in [5.74, 6) is -0.758. The van der Waals surface area contributed by atoms with Crippen molar-refractivity contribution in [1.82, 2.24) is 15.3 Å². The van der Waals surface area contributed by atoms with E-state index in [1.54, 1.807) is 24.3 Å². The van der Waals surface area contributed by atoms with Gasteiger partial charge in [-0.15, -0.1) is 10.2 Å². The molecule has 0 aliphatic heterocycles. The van der Waals surface area contributed by atoms with Crippen molar-refractivity contribution in [1.29, 1.82) is 0 Å². The molecule has 0 unspecified atom stereocenters. The number of hydrogen-bond donors (Lipinski definition) is 2. The van der Waals surface area contributed by atoms with Crippen LogP contribution in [0.25, 0.3) is 0 Å². The number of amides is 2. The standard InChI is InChI=1S/C17H22N4O4/c1-2-3-5-8-13(11-21(24)12-22)16-19-20-17(25-16)15(23)18-14-9-6-4-7-10-14/h4,6-7,9-10,12-13,24H,2-3,5,8,11H2,1H3,(H,18,23)/t13-/m1/s1. The van der Waals surface area contributed by atoms with E-state index in [1.807, 2.05) is 6.07 Å². The normalized spacial score (nSPS) is 11.8. The molecule has 0 spiro atoms. The van der Waals surface area contributed by atoms with Crippen LogP contribution in [0.4, 0.5) is 5.69 Å². The first-order valence-electron chi connectivity index (χ1n) is 8.24. The number of nitrogens with one attached hydrogen (secondary N) is 1. The van der Waals surface area contributed by atoms with Crippen molar-refractivity contribution in [2.75, 3.05) is 11.9 Å². The maximum absolute atomic E-state index is 12.2. The van der Waals surface area contributed by atoms with Crippen molar-refractivity contribution in [3.63, 3.8) is 0 Å². The number of hydroxylamine groups is 2. The van der Waals surface area contributed by atoms with Crippen molar-refractivity contribution >= 4 is 18.0 Å². The molecule has 1 aromatic carbocycles. The number of hydrogen-bond acceptors (Lipinski definition) is 6. The minimum absolute atomic E-state index is 0.0369. The third-order valence-corrected chi connectivity index (χ3v) is 3.70. The number of benzene rings is 1. The summed E-state index contributed by atoms with van der Waals surface area (Å²) in [5.41, 5.74) is 0.620. The van der Waals surface area contributed by atoms with E-state index in [4.69, 9.17) is 4.42 Å². The van der Waals surface area contributed by atoms with Gasteiger partial charge in [0.05, 0.1) is 12.5 Å². The van der Waals surface area contributed by atoms with Gasteiger partial charge >= 0.3 is 11.8 Å². The summed E-state index contributed by atoms with van der Waals surface area (Å²) in [4.78, 5) is 22.8. The second-order valence-corrected chi connectivity index (χ2v) is 5.69. The zero-order valence-electron chi connectivity index (χ0n) is 14.1. The molecule has 8 nitrogen and oxygen atoms in total. The highest BCUT2D eigenvalue weighted by Crippen LogP contribution is 2.22. The molecule has 2 aromatic rings. The zero-order chi connectivity index (χ0) is 18.1. The van der Waals surface area contributed by atoms with E-state index in [1.165, 1.54) is 0 Å². The molecule has 0 radical (unpaired) electrons. The largest absolute Gasteiger partial charge is 0.417 e. The molecule has 2 N–H and O–H groups in total. The number of aromatic nitrogens is 2. The Morgan fingerprint density at radius 2 is 2.08 bits per heavy atom. The predicted molar refractivity (Wildman–Crippen MR) is 90.1 cm³/mol. The molecule has 1 heterocycles. The molecular formula is C17H22N4O4. The van der Waals surface area contributed by atoms with Gasteiger partial charge in [0.15, 0.2) is 0 Å². The number of rotatable bonds is 10. The summed E-state index contributed by atoms with van der Waals surface area (Å²) in [6, 6.07) is 8.93. The zero-order valence-corrected chi connectivity index (χ0v) is 14.1. The Labute approximate surface area is 145 Å². The quantitative estimate of drug-likeness (QED) is 0.296. The van der Waals surface area contributed by atoms with Crippen LogP contribution < -0.4 is 5.32 Å². The van der Waals surface area contributed by atoms with Gasteiger partial charge in [-0.25, -0.2) is 5.06 Å². The molecule has 2 rings (SSSR count). The van der Waals surface area contributed by atoms with Crippen molar-refractivity contribution in [2.45, 2.75) is 38.5 Å². The fraction of sp³-hybridized carbons (Fsp3) is 0.412. The Balaban J connectivity index is 2.06. The smallest absolute Gasteiger partial charge is 0.313 e. The lowest BCUT2D eigenvalue weighted by Gasteiger charge is -2.16. The summed E-state index contributed by atoms with van der Waals surface area (Å²) < 4.78 is 5.47. The van der Waals surface area contributed by atoms with Gasteiger partial charge in [0, 0.05) is 5.69 Å². The van der Waals surface area contributed by atoms with Crippen LogP contribution in [0.2, 0.25) is 0 Å². The van der Waals surface area contributed by atoms with Gasteiger partial charge < -0.3 is 9.73 Å². The highest BCUT2D eigenvalue weighted by Gasteiger charge is 2.23. The van der Waals surface area contributed by atoms with Gasteiger partial charge in [0.1, 0.15) is 0 Å². The average molecular weight is 346 g/mol. The van der Waals surface area contributed by atoms with Crippen molar-refractivity contribution in [3.05, 3.63) is 42.1 Å². The minimum atomic E-state index is -0.506. The fourth-order valence-electron chi connectivity index (χ4n) is 2.40. The molecule has 0 fully saturated rings. The van der Waals surface area contributed by atoms with Crippen LogP contribution in [-0.2, 0) is 4.79 Å². The van der Waals surface area contributed by atoms with Gasteiger partial charge in [0.25, 0.3) is 0 Å². The molecule has 1 aromatic heterocycles. The topological polar surface area (TPSA) is 109 Å². The van der Waals surface area contributed by atoms with Crippen molar-refractivity contribution in [2.24, 2.45) is 0 Å². The Morgan fingerprint density at radius 1 is 1.32 bits per heavy atom. The molecule has 134 valence electrons. The monoisotopic (exact) mass is 346 g/mol. The van der Waals surface area contributed by atoms with Crippen LogP contribution in [0.15, 0.2) is 34.7 Å². The number of para-hydroxylation sites is 1. The Bertz CT molecular complexity index is 674. The van der Waals surface area contributed by atoms with Crippen molar-refractivity contribution in [3.8, 4) is 0 Å². The first kappa shape index (κ1) is 18.6. The van der Waals surface area contributed by atoms with E-state index in [-0.39, 0.29) is 24.2 Å². The Morgan fingerprint density at radius 3 is 2.76 bits per heavy atom. The Kier molecular flexibility index (Phi) is 7.09. The van der Waals surface area contributed by atoms with E-state index in [0.29, 0.717) is 23.6 Å². The number of nitrogens with zero attached hydrogens (tertiary/aromatic N) is 3. The van der Waals surface area contributed by atoms with Crippen LogP contribution in [-0.4, -0.2) is 39.3 Å². The van der Waals surface area contributed by atoms with E-state index < -0.39 is 5.91 Å². The van der Waals surface area contributed by atoms with Gasteiger partial charge in [-0.2, -0.15) is 0 Å². The molecule has 8 heteroatoms. The molecule has 1 atom stereocenters. The second-order valence-electron chi connectivity index (χ2n) is 5.69. The highest BCUT2D eigenvalue weighted by atomic mass is 16.5. The number of carbonyl (C=O) groups excluding carboxylic acids is 2. The van der Waals surface area contributed by atoms with Gasteiger partial charge in [0.2, 0.25) is 12.3 Å². The van der Waals surface area contributed by atoms with Gasteiger partial charge in [-0.1, -0.05) is 44.4 Å². The summed E-state index contributed by atoms with van der Waals surface area (Å²) in [6.45, 7) is 2.12. The molecule has 2 amide bonds. The molecular weight excluding hydrogens is 324 g/mol. The summed E-state index contributed by atoms with van der Waals surface area (Å²) in [5, 5.41) is 20.4. The van der Waals surface area contributed by atoms with E-state index in [0.717, 1.165) is 19.3 Å². The second kappa shape index (κ2) is 9.53. The van der Waals surface area contributed by atoms with Crippen LogP contribution in [0.5, 0.6) is 0 Å². The SMILES string of the molecule is CCCCC[C@H](CN(O)C=O)c1nnc(C(=O)Nc2ccccc2)o1. The molecule has 25 heavy (non-hydrogen) atoms. The maximum Gasteiger partial charge on any atom is 0.313 e. The average Bonchev–Trinajstić information content (AvgIpc) is 3.12. The molecule has 0 saturated heterocycles. The Hall–Kier alpha value is -2.74. The summed E-state index contributed by atoms with van der Waals surface area (Å²) in [7, 11) is 0. The summed E-state index contributed by atoms with van der Waals surface area (Å²) >= 11 is 0. The molecule has 0 saturated carbocycles. The third-order valence-electron chi connectivity index (χ3n) is 3.70. The van der Waals surface area contributed by atoms with Crippen LogP contribution in [0.1, 0.15) is 55.1 Å². The van der Waals surface area contributed by atoms with Crippen LogP contribution in [0, 0.1) is 0 Å². The number of unbranched alkanes of at least 4 members (excludes halogenated alkanes) is 2. The molecule has 0 aliphatic carbocycles. The maximum atomic E-state index is 12.2. The lowest BCUT2D eigenvalue weighted by Crippen LogP contribution is -2.24. The van der Waals surface area contributed by atoms with Crippen LogP contribution >= 0.6 is 0 Å². The summed E-state index contributed by atoms with van der Waals surface area (Å²) in [6.07, 6.45) is 3.94. The van der Waals surface area contributed by atoms with E-state index in [2.05, 4.69) is 22.4 Å². The lowest BCUT2D eigenvalue weighted by atomic mass is 10.0. The van der Waals surface area contributed by atoms with Crippen LogP contribution in [0.3, 0.4) is 0 Å². The minimum Gasteiger partial charge on any atom is -0.417 e. The highest BCUT2D eigenvalue weighted by molar-refractivity contribution is 6.00. The fourth-order valence-corrected chi connectivity index (χ4v) is 2.40. The van der Waals surface area contributed by atoms with E-state index >= 15 is 0 Å². The lowest BCUT2D eigenvalue weighted by molar-refractivity contribution is -0.151. The van der Waals surface area contributed by atoms with Crippen molar-refractivity contribution < 1.29 is 19.2 Å². The number of anilines is 1. The molecule has 0 aliphatic rings. The van der Waals surface area contributed by atoms with Gasteiger partial charge in [-0.3, -0.25) is 14.8 Å². The van der Waals surface area contributed by atoms with Gasteiger partial charge in [-0.05, 0) is 18.6 Å². The first-order chi connectivity index (χ1) is 12.1.